The molecule has 0 aliphatic carbocycles. The van der Waals surface area contributed by atoms with Crippen molar-refractivity contribution in [1.29, 1.82) is 0 Å². The molecule has 2 aromatic carbocycles. The topological polar surface area (TPSA) is 46.0 Å². The number of fused-ring (bicyclic) bond motifs is 4. The molecular weight excluding hydrogens is 272 g/mol. The smallest absolute Gasteiger partial charge is 0.0865 e. The van der Waals surface area contributed by atoms with Crippen molar-refractivity contribution in [2.24, 2.45) is 0 Å². The fourth-order valence-electron chi connectivity index (χ4n) is 3.09. The summed E-state index contributed by atoms with van der Waals surface area (Å²) in [6, 6.07) is 18.9. The molecule has 0 radical (unpaired) electrons. The molecule has 5 aromatic rings. The first-order chi connectivity index (χ1) is 10.9. The predicted octanol–water partition coefficient (Wildman–Crippen LogP) is 4.03. The van der Waals surface area contributed by atoms with Crippen LogP contribution in [0.2, 0.25) is 0 Å². The molecular formula is C18H12N4. The van der Waals surface area contributed by atoms with E-state index in [9.17, 15) is 0 Å². The van der Waals surface area contributed by atoms with Crippen LogP contribution in [-0.4, -0.2) is 19.8 Å². The Morgan fingerprint density at radius 2 is 1.77 bits per heavy atom. The average Bonchev–Trinajstić information content (AvgIpc) is 3.18. The van der Waals surface area contributed by atoms with Crippen molar-refractivity contribution in [2.45, 2.75) is 0 Å². The van der Waals surface area contributed by atoms with Crippen molar-refractivity contribution in [2.75, 3.05) is 0 Å². The lowest BCUT2D eigenvalue weighted by atomic mass is 10.0. The van der Waals surface area contributed by atoms with Gasteiger partial charge in [0.05, 0.1) is 17.2 Å². The van der Waals surface area contributed by atoms with Crippen LogP contribution in [-0.2, 0) is 0 Å². The number of hydrogen-bond donors (Lipinski definition) is 1. The molecule has 0 saturated carbocycles. The Hall–Kier alpha value is -3.14. The third-order valence-electron chi connectivity index (χ3n) is 4.15. The monoisotopic (exact) mass is 284 g/mol. The number of aromatic amines is 1. The maximum absolute atomic E-state index is 4.08. The summed E-state index contributed by atoms with van der Waals surface area (Å²) in [5.74, 6) is 0. The van der Waals surface area contributed by atoms with Gasteiger partial charge in [0.2, 0.25) is 0 Å². The van der Waals surface area contributed by atoms with Gasteiger partial charge in [0.1, 0.15) is 0 Å². The van der Waals surface area contributed by atoms with Gasteiger partial charge in [-0.3, -0.25) is 0 Å². The van der Waals surface area contributed by atoms with Crippen LogP contribution in [0.5, 0.6) is 0 Å². The predicted molar refractivity (Wildman–Crippen MR) is 87.8 cm³/mol. The lowest BCUT2D eigenvalue weighted by Gasteiger charge is -2.04. The minimum atomic E-state index is 0.993. The molecule has 5 rings (SSSR count). The first-order valence-electron chi connectivity index (χ1n) is 7.20. The molecule has 0 unspecified atom stereocenters. The Balaban J connectivity index is 1.86. The van der Waals surface area contributed by atoms with Gasteiger partial charge in [-0.1, -0.05) is 47.7 Å². The Morgan fingerprint density at radius 1 is 0.864 bits per heavy atom. The molecule has 0 aliphatic rings. The Kier molecular flexibility index (Phi) is 2.19. The molecule has 0 spiro atoms. The third kappa shape index (κ3) is 1.52. The van der Waals surface area contributed by atoms with E-state index in [0.717, 1.165) is 22.1 Å². The molecule has 0 amide bonds. The van der Waals surface area contributed by atoms with Crippen LogP contribution in [0.15, 0.2) is 67.0 Å². The molecule has 104 valence electrons. The van der Waals surface area contributed by atoms with Crippen molar-refractivity contribution in [3.8, 4) is 11.1 Å². The number of nitrogens with one attached hydrogen (secondary N) is 1. The second-order valence-electron chi connectivity index (χ2n) is 5.42. The lowest BCUT2D eigenvalue weighted by molar-refractivity contribution is 0.856. The molecule has 0 fully saturated rings. The van der Waals surface area contributed by atoms with E-state index >= 15 is 0 Å². The van der Waals surface area contributed by atoms with Gasteiger partial charge in [-0.05, 0) is 12.1 Å². The van der Waals surface area contributed by atoms with Crippen LogP contribution >= 0.6 is 0 Å². The maximum atomic E-state index is 4.08. The summed E-state index contributed by atoms with van der Waals surface area (Å²) in [6.07, 6.45) is 3.77. The van der Waals surface area contributed by atoms with Crippen molar-refractivity contribution < 1.29 is 0 Å². The molecule has 3 heterocycles. The van der Waals surface area contributed by atoms with E-state index in [1.807, 2.05) is 12.3 Å². The van der Waals surface area contributed by atoms with Gasteiger partial charge >= 0.3 is 0 Å². The SMILES string of the molecule is c1ccc2c(c1)[nH]c1c(-c3ccc4cnnn4c3)cccc12. The quantitative estimate of drug-likeness (QED) is 0.505. The second-order valence-corrected chi connectivity index (χ2v) is 5.42. The van der Waals surface area contributed by atoms with E-state index in [2.05, 4.69) is 63.8 Å². The Bertz CT molecular complexity index is 1130. The summed E-state index contributed by atoms with van der Waals surface area (Å²) in [4.78, 5) is 3.54. The molecule has 0 atom stereocenters. The highest BCUT2D eigenvalue weighted by Gasteiger charge is 2.09. The zero-order valence-corrected chi connectivity index (χ0v) is 11.7. The van der Waals surface area contributed by atoms with Crippen LogP contribution in [0.25, 0.3) is 38.4 Å². The molecule has 4 nitrogen and oxygen atoms in total. The summed E-state index contributed by atoms with van der Waals surface area (Å²) >= 11 is 0. The second kappa shape index (κ2) is 4.18. The molecule has 4 heteroatoms. The van der Waals surface area contributed by atoms with E-state index in [4.69, 9.17) is 0 Å². The summed E-state index contributed by atoms with van der Waals surface area (Å²) in [7, 11) is 0. The number of pyridine rings is 1. The molecule has 0 saturated heterocycles. The maximum Gasteiger partial charge on any atom is 0.0865 e. The minimum Gasteiger partial charge on any atom is -0.354 e. The van der Waals surface area contributed by atoms with E-state index in [1.54, 1.807) is 10.7 Å². The lowest BCUT2D eigenvalue weighted by Crippen LogP contribution is -1.89. The number of nitrogens with zero attached hydrogens (tertiary/aromatic N) is 3. The van der Waals surface area contributed by atoms with Crippen molar-refractivity contribution in [3.63, 3.8) is 0 Å². The highest BCUT2D eigenvalue weighted by molar-refractivity contribution is 6.11. The van der Waals surface area contributed by atoms with Crippen LogP contribution in [0.3, 0.4) is 0 Å². The van der Waals surface area contributed by atoms with Crippen LogP contribution in [0.1, 0.15) is 0 Å². The van der Waals surface area contributed by atoms with E-state index in [0.29, 0.717) is 0 Å². The highest BCUT2D eigenvalue weighted by Crippen LogP contribution is 2.32. The van der Waals surface area contributed by atoms with Crippen molar-refractivity contribution in [3.05, 3.63) is 67.0 Å². The van der Waals surface area contributed by atoms with Gasteiger partial charge < -0.3 is 4.98 Å². The van der Waals surface area contributed by atoms with Gasteiger partial charge in [-0.25, -0.2) is 4.52 Å². The third-order valence-corrected chi connectivity index (χ3v) is 4.15. The van der Waals surface area contributed by atoms with Gasteiger partial charge in [-0.2, -0.15) is 0 Å². The summed E-state index contributed by atoms with van der Waals surface area (Å²) < 4.78 is 1.80. The van der Waals surface area contributed by atoms with E-state index < -0.39 is 0 Å². The number of aromatic nitrogens is 4. The number of H-pyrrole nitrogens is 1. The first-order valence-corrected chi connectivity index (χ1v) is 7.20. The fraction of sp³-hybridized carbons (Fsp3) is 0. The normalized spacial score (nSPS) is 11.6. The highest BCUT2D eigenvalue weighted by atomic mass is 15.4. The average molecular weight is 284 g/mol. The number of benzene rings is 2. The molecule has 3 aromatic heterocycles. The number of hydrogen-bond acceptors (Lipinski definition) is 2. The largest absolute Gasteiger partial charge is 0.354 e. The zero-order valence-electron chi connectivity index (χ0n) is 11.7. The van der Waals surface area contributed by atoms with Crippen LogP contribution in [0, 0.1) is 0 Å². The van der Waals surface area contributed by atoms with Crippen molar-refractivity contribution >= 4 is 27.3 Å². The van der Waals surface area contributed by atoms with E-state index in [1.165, 1.54) is 16.3 Å². The summed E-state index contributed by atoms with van der Waals surface area (Å²) in [5.41, 5.74) is 5.60. The zero-order chi connectivity index (χ0) is 14.5. The molecule has 22 heavy (non-hydrogen) atoms. The van der Waals surface area contributed by atoms with Gasteiger partial charge in [0.15, 0.2) is 0 Å². The Labute approximate surface area is 126 Å². The van der Waals surface area contributed by atoms with Crippen LogP contribution < -0.4 is 0 Å². The first kappa shape index (κ1) is 11.5. The Morgan fingerprint density at radius 3 is 2.77 bits per heavy atom. The number of rotatable bonds is 1. The van der Waals surface area contributed by atoms with Gasteiger partial charge in [-0.15, -0.1) is 5.10 Å². The molecule has 1 N–H and O–H groups in total. The van der Waals surface area contributed by atoms with Gasteiger partial charge in [0.25, 0.3) is 0 Å². The summed E-state index contributed by atoms with van der Waals surface area (Å²) in [5, 5.41) is 10.5. The summed E-state index contributed by atoms with van der Waals surface area (Å²) in [6.45, 7) is 0. The van der Waals surface area contributed by atoms with Gasteiger partial charge in [0, 0.05) is 33.6 Å². The van der Waals surface area contributed by atoms with Crippen molar-refractivity contribution in [1.82, 2.24) is 19.8 Å². The molecule has 0 aliphatic heterocycles. The molecule has 0 bridgehead atoms. The van der Waals surface area contributed by atoms with E-state index in [-0.39, 0.29) is 0 Å². The fourth-order valence-corrected chi connectivity index (χ4v) is 3.09. The number of para-hydroxylation sites is 2. The standard InChI is InChI=1S/C18H12N4/c1-2-7-17-15(4-1)16-6-3-5-14(18(16)20-17)12-8-9-13-10-19-21-22(13)11-12/h1-11,20H. The minimum absolute atomic E-state index is 0.993. The van der Waals surface area contributed by atoms with Crippen LogP contribution in [0.4, 0.5) is 0 Å².